The molecular formula is C29H30N8O2. The molecule has 2 aromatic carbocycles. The largest absolute Gasteiger partial charge is 0.492 e. The molecule has 4 heterocycles. The van der Waals surface area contributed by atoms with Gasteiger partial charge in [0.05, 0.1) is 11.9 Å². The van der Waals surface area contributed by atoms with Crippen molar-refractivity contribution in [1.29, 1.82) is 0 Å². The molecule has 1 saturated heterocycles. The van der Waals surface area contributed by atoms with Gasteiger partial charge in [-0.15, -0.1) is 5.10 Å². The second-order valence-electron chi connectivity index (χ2n) is 9.50. The Balaban J connectivity index is 1.10. The molecule has 0 aliphatic carbocycles. The number of nitrogens with one attached hydrogen (secondary N) is 2. The van der Waals surface area contributed by atoms with Crippen LogP contribution in [0.25, 0.3) is 16.9 Å². The van der Waals surface area contributed by atoms with Crippen LogP contribution in [0.4, 0.5) is 17.3 Å². The van der Waals surface area contributed by atoms with E-state index < -0.39 is 0 Å². The standard InChI is InChI=1S/C29H30N8O2/c38-28(31-23-7-2-1-3-8-23)21-36-20-22(19-30-36)26-9-6-10-27-33-29(34-37(26)27)32-24-11-13-25(14-12-24)39-18-17-35-15-4-5-16-35/h1-3,6-14,19-20H,4-5,15-18,21H2,(H,31,38)(H,32,34). The third-order valence-electron chi connectivity index (χ3n) is 6.64. The van der Waals surface area contributed by atoms with Gasteiger partial charge in [0, 0.05) is 29.7 Å². The van der Waals surface area contributed by atoms with Crippen molar-refractivity contribution in [2.75, 3.05) is 36.9 Å². The summed E-state index contributed by atoms with van der Waals surface area (Å²) in [6.45, 7) is 4.11. The Bertz CT molecular complexity index is 1540. The van der Waals surface area contributed by atoms with Crippen LogP contribution in [-0.4, -0.2) is 61.4 Å². The molecule has 2 N–H and O–H groups in total. The molecule has 198 valence electrons. The molecule has 1 aliphatic heterocycles. The third-order valence-corrected chi connectivity index (χ3v) is 6.64. The summed E-state index contributed by atoms with van der Waals surface area (Å²) in [5.74, 6) is 1.18. The van der Waals surface area contributed by atoms with Gasteiger partial charge in [0.15, 0.2) is 5.65 Å². The number of benzene rings is 2. The van der Waals surface area contributed by atoms with Crippen molar-refractivity contribution in [2.24, 2.45) is 0 Å². The van der Waals surface area contributed by atoms with E-state index in [1.165, 1.54) is 25.9 Å². The van der Waals surface area contributed by atoms with Crippen molar-refractivity contribution in [1.82, 2.24) is 29.3 Å². The first-order chi connectivity index (χ1) is 19.2. The first kappa shape index (κ1) is 24.6. The van der Waals surface area contributed by atoms with E-state index in [0.717, 1.165) is 34.9 Å². The summed E-state index contributed by atoms with van der Waals surface area (Å²) < 4.78 is 9.28. The molecule has 0 spiro atoms. The number of aromatic nitrogens is 5. The van der Waals surface area contributed by atoms with E-state index in [1.807, 2.05) is 79.0 Å². The molecule has 10 nitrogen and oxygen atoms in total. The lowest BCUT2D eigenvalue weighted by atomic mass is 10.2. The van der Waals surface area contributed by atoms with E-state index in [-0.39, 0.29) is 12.5 Å². The van der Waals surface area contributed by atoms with Gasteiger partial charge < -0.3 is 15.4 Å². The number of fused-ring (bicyclic) bond motifs is 1. The van der Waals surface area contributed by atoms with Crippen LogP contribution in [0.15, 0.2) is 85.2 Å². The Morgan fingerprint density at radius 2 is 1.74 bits per heavy atom. The Hall–Kier alpha value is -4.70. The Morgan fingerprint density at radius 1 is 0.923 bits per heavy atom. The number of nitrogens with zero attached hydrogens (tertiary/aromatic N) is 6. The van der Waals surface area contributed by atoms with Gasteiger partial charge in [0.25, 0.3) is 0 Å². The first-order valence-electron chi connectivity index (χ1n) is 13.2. The number of carbonyl (C=O) groups is 1. The van der Waals surface area contributed by atoms with Gasteiger partial charge in [0.2, 0.25) is 11.9 Å². The van der Waals surface area contributed by atoms with Crippen LogP contribution >= 0.6 is 0 Å². The molecular weight excluding hydrogens is 492 g/mol. The summed E-state index contributed by atoms with van der Waals surface area (Å²) in [4.78, 5) is 19.5. The fourth-order valence-electron chi connectivity index (χ4n) is 4.69. The van der Waals surface area contributed by atoms with Crippen LogP contribution in [0.1, 0.15) is 12.8 Å². The van der Waals surface area contributed by atoms with Crippen LogP contribution in [0.3, 0.4) is 0 Å². The van der Waals surface area contributed by atoms with Gasteiger partial charge in [-0.2, -0.15) is 10.1 Å². The number of anilines is 3. The Labute approximate surface area is 226 Å². The maximum atomic E-state index is 12.4. The van der Waals surface area contributed by atoms with Crippen molar-refractivity contribution >= 4 is 28.9 Å². The molecule has 0 atom stereocenters. The summed E-state index contributed by atoms with van der Waals surface area (Å²) in [7, 11) is 0. The molecule has 1 fully saturated rings. The highest BCUT2D eigenvalue weighted by atomic mass is 16.5. The molecule has 1 amide bonds. The lowest BCUT2D eigenvalue weighted by molar-refractivity contribution is -0.116. The van der Waals surface area contributed by atoms with Gasteiger partial charge in [0.1, 0.15) is 18.9 Å². The number of rotatable bonds is 10. The molecule has 5 aromatic rings. The van der Waals surface area contributed by atoms with E-state index >= 15 is 0 Å². The topological polar surface area (TPSA) is 102 Å². The molecule has 0 saturated carbocycles. The van der Waals surface area contributed by atoms with Crippen molar-refractivity contribution < 1.29 is 9.53 Å². The Kier molecular flexibility index (Phi) is 7.17. The summed E-state index contributed by atoms with van der Waals surface area (Å²) in [5, 5.41) is 15.2. The van der Waals surface area contributed by atoms with Gasteiger partial charge >= 0.3 is 0 Å². The van der Waals surface area contributed by atoms with Crippen molar-refractivity contribution in [2.45, 2.75) is 19.4 Å². The molecule has 10 heteroatoms. The normalized spacial score (nSPS) is 13.5. The summed E-state index contributed by atoms with van der Waals surface area (Å²) >= 11 is 0. The second-order valence-corrected chi connectivity index (χ2v) is 9.50. The summed E-state index contributed by atoms with van der Waals surface area (Å²) in [6, 6.07) is 23.0. The van der Waals surface area contributed by atoms with Crippen LogP contribution in [-0.2, 0) is 11.3 Å². The molecule has 6 rings (SSSR count). The summed E-state index contributed by atoms with van der Waals surface area (Å²) in [6.07, 6.45) is 6.13. The second kappa shape index (κ2) is 11.4. The number of pyridine rings is 1. The van der Waals surface area contributed by atoms with E-state index in [9.17, 15) is 4.79 Å². The average Bonchev–Trinajstić information content (AvgIpc) is 3.71. The molecule has 1 aliphatic rings. The minimum Gasteiger partial charge on any atom is -0.492 e. The molecule has 0 unspecified atom stereocenters. The number of hydrogen-bond donors (Lipinski definition) is 2. The lowest BCUT2D eigenvalue weighted by Gasteiger charge is -2.15. The lowest BCUT2D eigenvalue weighted by Crippen LogP contribution is -2.25. The molecule has 39 heavy (non-hydrogen) atoms. The van der Waals surface area contributed by atoms with E-state index in [0.29, 0.717) is 18.2 Å². The van der Waals surface area contributed by atoms with Gasteiger partial charge in [-0.25, -0.2) is 4.52 Å². The predicted octanol–water partition coefficient (Wildman–Crippen LogP) is 4.45. The van der Waals surface area contributed by atoms with Crippen molar-refractivity contribution in [3.63, 3.8) is 0 Å². The van der Waals surface area contributed by atoms with E-state index in [1.54, 1.807) is 15.4 Å². The monoisotopic (exact) mass is 522 g/mol. The molecule has 0 bridgehead atoms. The van der Waals surface area contributed by atoms with Crippen LogP contribution in [0.2, 0.25) is 0 Å². The van der Waals surface area contributed by atoms with Gasteiger partial charge in [-0.1, -0.05) is 24.3 Å². The average molecular weight is 523 g/mol. The van der Waals surface area contributed by atoms with Crippen molar-refractivity contribution in [3.8, 4) is 17.0 Å². The minimum absolute atomic E-state index is 0.104. The van der Waals surface area contributed by atoms with Crippen molar-refractivity contribution in [3.05, 3.63) is 85.2 Å². The van der Waals surface area contributed by atoms with E-state index in [2.05, 4.69) is 30.7 Å². The predicted molar refractivity (Wildman–Crippen MR) is 150 cm³/mol. The van der Waals surface area contributed by atoms with Crippen LogP contribution < -0.4 is 15.4 Å². The van der Waals surface area contributed by atoms with E-state index in [4.69, 9.17) is 4.74 Å². The number of hydrogen-bond acceptors (Lipinski definition) is 7. The zero-order valence-corrected chi connectivity index (χ0v) is 21.5. The SMILES string of the molecule is O=C(Cn1cc(-c2cccc3nc(Nc4ccc(OCCN5CCCC5)cc4)nn23)cn1)Nc1ccccc1. The quantitative estimate of drug-likeness (QED) is 0.279. The number of para-hydroxylation sites is 1. The van der Waals surface area contributed by atoms with Gasteiger partial charge in [-0.3, -0.25) is 14.4 Å². The zero-order chi connectivity index (χ0) is 26.4. The Morgan fingerprint density at radius 3 is 2.56 bits per heavy atom. The maximum absolute atomic E-state index is 12.4. The first-order valence-corrected chi connectivity index (χ1v) is 13.2. The number of amides is 1. The maximum Gasteiger partial charge on any atom is 0.247 e. The fraction of sp³-hybridized carbons (Fsp3) is 0.241. The number of likely N-dealkylation sites (tertiary alicyclic amines) is 1. The molecule has 3 aromatic heterocycles. The fourth-order valence-corrected chi connectivity index (χ4v) is 4.69. The number of carbonyl (C=O) groups excluding carboxylic acids is 1. The summed E-state index contributed by atoms with van der Waals surface area (Å²) in [5.41, 5.74) is 3.98. The third kappa shape index (κ3) is 6.07. The minimum atomic E-state index is -0.149. The molecule has 0 radical (unpaired) electrons. The van der Waals surface area contributed by atoms with Crippen LogP contribution in [0.5, 0.6) is 5.75 Å². The van der Waals surface area contributed by atoms with Gasteiger partial charge in [-0.05, 0) is 74.5 Å². The highest BCUT2D eigenvalue weighted by molar-refractivity contribution is 5.90. The highest BCUT2D eigenvalue weighted by Crippen LogP contribution is 2.23. The highest BCUT2D eigenvalue weighted by Gasteiger charge is 2.13. The smallest absolute Gasteiger partial charge is 0.247 e. The number of ether oxygens (including phenoxy) is 1. The van der Waals surface area contributed by atoms with Crippen LogP contribution in [0, 0.1) is 0 Å². The zero-order valence-electron chi connectivity index (χ0n) is 21.5.